The molecule has 0 bridgehead atoms. The van der Waals surface area contributed by atoms with E-state index in [0.29, 0.717) is 18.4 Å². The number of benzene rings is 2. The maximum Gasteiger partial charge on any atom is 0.119 e. The molecule has 0 aliphatic heterocycles. The van der Waals surface area contributed by atoms with Crippen LogP contribution in [-0.4, -0.2) is 17.8 Å². The monoisotopic (exact) mass is 285 g/mol. The van der Waals surface area contributed by atoms with Crippen molar-refractivity contribution >= 4 is 0 Å². The minimum Gasteiger partial charge on any atom is -0.508 e. The second kappa shape index (κ2) is 7.70. The molecule has 0 heterocycles. The van der Waals surface area contributed by atoms with E-state index in [0.717, 1.165) is 18.7 Å². The summed E-state index contributed by atoms with van der Waals surface area (Å²) in [5.41, 5.74) is 2.44. The first kappa shape index (κ1) is 15.4. The lowest BCUT2D eigenvalue weighted by molar-refractivity contribution is 0.339. The molecule has 1 atom stereocenters. The molecule has 3 nitrogen and oxygen atoms in total. The van der Waals surface area contributed by atoms with Crippen LogP contribution >= 0.6 is 0 Å². The first-order valence-electron chi connectivity index (χ1n) is 7.40. The summed E-state index contributed by atoms with van der Waals surface area (Å²) >= 11 is 0. The van der Waals surface area contributed by atoms with Crippen molar-refractivity contribution in [1.82, 2.24) is 5.32 Å². The SMILES string of the molecule is CCOc1cccc(CNC(C)Cc2ccc(O)cc2)c1. The average Bonchev–Trinajstić information content (AvgIpc) is 2.48. The fourth-order valence-corrected chi connectivity index (χ4v) is 2.26. The largest absolute Gasteiger partial charge is 0.508 e. The van der Waals surface area contributed by atoms with Gasteiger partial charge in [0.15, 0.2) is 0 Å². The van der Waals surface area contributed by atoms with Gasteiger partial charge in [-0.05, 0) is 55.7 Å². The summed E-state index contributed by atoms with van der Waals surface area (Å²) in [6.07, 6.45) is 0.936. The summed E-state index contributed by atoms with van der Waals surface area (Å²) in [5, 5.41) is 12.8. The average molecular weight is 285 g/mol. The highest BCUT2D eigenvalue weighted by molar-refractivity contribution is 5.29. The van der Waals surface area contributed by atoms with Crippen molar-refractivity contribution in [2.75, 3.05) is 6.61 Å². The van der Waals surface area contributed by atoms with Gasteiger partial charge < -0.3 is 15.2 Å². The third-order valence-corrected chi connectivity index (χ3v) is 3.34. The number of phenols is 1. The molecule has 2 rings (SSSR count). The van der Waals surface area contributed by atoms with Crippen LogP contribution in [0.15, 0.2) is 48.5 Å². The fourth-order valence-electron chi connectivity index (χ4n) is 2.26. The Balaban J connectivity index is 1.84. The van der Waals surface area contributed by atoms with Crippen LogP contribution in [0.25, 0.3) is 0 Å². The van der Waals surface area contributed by atoms with Crippen molar-refractivity contribution in [3.63, 3.8) is 0 Å². The topological polar surface area (TPSA) is 41.5 Å². The number of hydrogen-bond donors (Lipinski definition) is 2. The zero-order valence-electron chi connectivity index (χ0n) is 12.7. The number of phenolic OH excluding ortho intramolecular Hbond substituents is 1. The minimum atomic E-state index is 0.312. The van der Waals surface area contributed by atoms with Gasteiger partial charge in [-0.1, -0.05) is 24.3 Å². The lowest BCUT2D eigenvalue weighted by Crippen LogP contribution is -2.27. The normalized spacial score (nSPS) is 12.1. The molecule has 0 spiro atoms. The Morgan fingerprint density at radius 2 is 1.86 bits per heavy atom. The standard InChI is InChI=1S/C18H23NO2/c1-3-21-18-6-4-5-16(12-18)13-19-14(2)11-15-7-9-17(20)10-8-15/h4-10,12,14,19-20H,3,11,13H2,1-2H3. The zero-order valence-corrected chi connectivity index (χ0v) is 12.7. The number of nitrogens with one attached hydrogen (secondary N) is 1. The van der Waals surface area contributed by atoms with Crippen LogP contribution in [-0.2, 0) is 13.0 Å². The van der Waals surface area contributed by atoms with Crippen LogP contribution in [0.3, 0.4) is 0 Å². The van der Waals surface area contributed by atoms with E-state index in [1.165, 1.54) is 11.1 Å². The van der Waals surface area contributed by atoms with Crippen molar-refractivity contribution in [1.29, 1.82) is 0 Å². The third kappa shape index (κ3) is 5.12. The van der Waals surface area contributed by atoms with Gasteiger partial charge >= 0.3 is 0 Å². The van der Waals surface area contributed by atoms with Gasteiger partial charge in [-0.25, -0.2) is 0 Å². The lowest BCUT2D eigenvalue weighted by atomic mass is 10.1. The van der Waals surface area contributed by atoms with Crippen molar-refractivity contribution in [2.45, 2.75) is 32.9 Å². The van der Waals surface area contributed by atoms with Crippen LogP contribution in [0.4, 0.5) is 0 Å². The van der Waals surface area contributed by atoms with Crippen LogP contribution in [0.1, 0.15) is 25.0 Å². The summed E-state index contributed by atoms with van der Waals surface area (Å²) in [5.74, 6) is 1.23. The highest BCUT2D eigenvalue weighted by Crippen LogP contribution is 2.14. The number of ether oxygens (including phenoxy) is 1. The third-order valence-electron chi connectivity index (χ3n) is 3.34. The van der Waals surface area contributed by atoms with E-state index in [9.17, 15) is 5.11 Å². The molecule has 0 amide bonds. The van der Waals surface area contributed by atoms with Crippen LogP contribution in [0.5, 0.6) is 11.5 Å². The first-order valence-corrected chi connectivity index (χ1v) is 7.40. The Morgan fingerprint density at radius 3 is 2.57 bits per heavy atom. The molecular weight excluding hydrogens is 262 g/mol. The molecule has 0 aliphatic rings. The second-order valence-corrected chi connectivity index (χ2v) is 5.23. The molecule has 2 N–H and O–H groups in total. The smallest absolute Gasteiger partial charge is 0.119 e. The Kier molecular flexibility index (Phi) is 5.64. The van der Waals surface area contributed by atoms with Crippen LogP contribution in [0.2, 0.25) is 0 Å². The van der Waals surface area contributed by atoms with Crippen molar-refractivity contribution < 1.29 is 9.84 Å². The van der Waals surface area contributed by atoms with Gasteiger partial charge in [0.1, 0.15) is 11.5 Å². The number of rotatable bonds is 7. The van der Waals surface area contributed by atoms with E-state index in [4.69, 9.17) is 4.74 Å². The van der Waals surface area contributed by atoms with E-state index in [1.807, 2.05) is 31.2 Å². The van der Waals surface area contributed by atoms with Crippen molar-refractivity contribution in [3.05, 3.63) is 59.7 Å². The molecule has 2 aromatic carbocycles. The summed E-state index contributed by atoms with van der Waals surface area (Å²) in [7, 11) is 0. The highest BCUT2D eigenvalue weighted by Gasteiger charge is 2.04. The van der Waals surface area contributed by atoms with Gasteiger partial charge in [-0.2, -0.15) is 0 Å². The Hall–Kier alpha value is -2.00. The molecule has 0 fully saturated rings. The van der Waals surface area contributed by atoms with Gasteiger partial charge in [-0.15, -0.1) is 0 Å². The fraction of sp³-hybridized carbons (Fsp3) is 0.333. The second-order valence-electron chi connectivity index (χ2n) is 5.23. The predicted molar refractivity (Wildman–Crippen MR) is 85.7 cm³/mol. The molecule has 112 valence electrons. The van der Waals surface area contributed by atoms with Crippen molar-refractivity contribution in [2.24, 2.45) is 0 Å². The Morgan fingerprint density at radius 1 is 1.10 bits per heavy atom. The summed E-state index contributed by atoms with van der Waals surface area (Å²) < 4.78 is 5.51. The molecule has 0 aliphatic carbocycles. The quantitative estimate of drug-likeness (QED) is 0.818. The molecular formula is C18H23NO2. The summed E-state index contributed by atoms with van der Waals surface area (Å²) in [4.78, 5) is 0. The molecule has 3 heteroatoms. The zero-order chi connectivity index (χ0) is 15.1. The van der Waals surface area contributed by atoms with Gasteiger partial charge in [-0.3, -0.25) is 0 Å². The van der Waals surface area contributed by atoms with Gasteiger partial charge in [0.25, 0.3) is 0 Å². The van der Waals surface area contributed by atoms with E-state index in [2.05, 4.69) is 24.4 Å². The molecule has 21 heavy (non-hydrogen) atoms. The van der Waals surface area contributed by atoms with E-state index in [1.54, 1.807) is 12.1 Å². The van der Waals surface area contributed by atoms with E-state index in [-0.39, 0.29) is 0 Å². The summed E-state index contributed by atoms with van der Waals surface area (Å²) in [6, 6.07) is 15.9. The van der Waals surface area contributed by atoms with Crippen molar-refractivity contribution in [3.8, 4) is 11.5 Å². The van der Waals surface area contributed by atoms with E-state index >= 15 is 0 Å². The minimum absolute atomic E-state index is 0.312. The maximum absolute atomic E-state index is 9.29. The molecule has 2 aromatic rings. The summed E-state index contributed by atoms with van der Waals surface area (Å²) in [6.45, 7) is 5.66. The van der Waals surface area contributed by atoms with Crippen LogP contribution < -0.4 is 10.1 Å². The number of hydrogen-bond acceptors (Lipinski definition) is 3. The molecule has 0 aromatic heterocycles. The van der Waals surface area contributed by atoms with E-state index < -0.39 is 0 Å². The number of aromatic hydroxyl groups is 1. The lowest BCUT2D eigenvalue weighted by Gasteiger charge is -2.14. The molecule has 0 saturated carbocycles. The first-order chi connectivity index (χ1) is 10.2. The molecule has 0 saturated heterocycles. The Labute approximate surface area is 126 Å². The maximum atomic E-state index is 9.29. The highest BCUT2D eigenvalue weighted by atomic mass is 16.5. The predicted octanol–water partition coefficient (Wildman–Crippen LogP) is 3.51. The molecule has 1 unspecified atom stereocenters. The Bertz CT molecular complexity index is 551. The van der Waals surface area contributed by atoms with Gasteiger partial charge in [0.05, 0.1) is 6.61 Å². The molecule has 0 radical (unpaired) electrons. The van der Waals surface area contributed by atoms with Crippen LogP contribution in [0, 0.1) is 0 Å². The van der Waals surface area contributed by atoms with Gasteiger partial charge in [0, 0.05) is 12.6 Å². The van der Waals surface area contributed by atoms with Gasteiger partial charge in [0.2, 0.25) is 0 Å².